The molecule has 22 heavy (non-hydrogen) atoms. The largest absolute Gasteiger partial charge is 0.452 e. The fraction of sp³-hybridized carbons (Fsp3) is 0.0556. The summed E-state index contributed by atoms with van der Waals surface area (Å²) < 4.78 is 13.9. The maximum atomic E-state index is 6.06. The highest BCUT2D eigenvalue weighted by molar-refractivity contribution is 6.12. The lowest BCUT2D eigenvalue weighted by Gasteiger charge is -2.05. The molecule has 4 heteroatoms. The molecule has 5 rings (SSSR count). The molecule has 0 fully saturated rings. The SMILES string of the molecule is Cc1cc2c(cc1-n1cccn1)oc1c3ccccc3oc21. The summed E-state index contributed by atoms with van der Waals surface area (Å²) in [6, 6.07) is 14.0. The van der Waals surface area contributed by atoms with Crippen LogP contribution in [0.5, 0.6) is 0 Å². The van der Waals surface area contributed by atoms with Crippen LogP contribution in [0.25, 0.3) is 38.8 Å². The number of rotatable bonds is 1. The molecule has 0 aliphatic heterocycles. The van der Waals surface area contributed by atoms with Crippen molar-refractivity contribution in [3.8, 4) is 5.69 Å². The van der Waals surface area contributed by atoms with Crippen LogP contribution < -0.4 is 0 Å². The number of aromatic nitrogens is 2. The van der Waals surface area contributed by atoms with Gasteiger partial charge in [0.2, 0.25) is 0 Å². The Kier molecular flexibility index (Phi) is 2.12. The molecule has 0 aliphatic carbocycles. The summed E-state index contributed by atoms with van der Waals surface area (Å²) in [6.07, 6.45) is 3.70. The molecule has 0 N–H and O–H groups in total. The first-order valence-corrected chi connectivity index (χ1v) is 7.16. The monoisotopic (exact) mass is 288 g/mol. The van der Waals surface area contributed by atoms with Crippen molar-refractivity contribution in [3.63, 3.8) is 0 Å². The van der Waals surface area contributed by atoms with E-state index in [9.17, 15) is 0 Å². The van der Waals surface area contributed by atoms with Gasteiger partial charge in [-0.1, -0.05) is 12.1 Å². The lowest BCUT2D eigenvalue weighted by molar-refractivity contribution is 0.652. The maximum Gasteiger partial charge on any atom is 0.181 e. The summed E-state index contributed by atoms with van der Waals surface area (Å²) in [5.41, 5.74) is 5.43. The number of hydrogen-bond donors (Lipinski definition) is 0. The zero-order chi connectivity index (χ0) is 14.7. The third kappa shape index (κ3) is 1.44. The molecule has 0 aliphatic rings. The zero-order valence-corrected chi connectivity index (χ0v) is 11.9. The van der Waals surface area contributed by atoms with E-state index in [1.807, 2.05) is 47.3 Å². The van der Waals surface area contributed by atoms with E-state index >= 15 is 0 Å². The van der Waals surface area contributed by atoms with Crippen LogP contribution in [0.3, 0.4) is 0 Å². The predicted octanol–water partition coefficient (Wildman–Crippen LogP) is 4.83. The molecule has 0 atom stereocenters. The number of benzene rings is 2. The van der Waals surface area contributed by atoms with Crippen LogP contribution in [0.15, 0.2) is 63.7 Å². The van der Waals surface area contributed by atoms with Crippen LogP contribution in [0, 0.1) is 6.92 Å². The Morgan fingerprint density at radius 3 is 2.59 bits per heavy atom. The molecule has 3 aromatic heterocycles. The minimum atomic E-state index is 0.808. The number of aryl methyl sites for hydroxylation is 1. The van der Waals surface area contributed by atoms with E-state index in [0.717, 1.165) is 44.4 Å². The average Bonchev–Trinajstić information content (AvgIpc) is 3.22. The number of furan rings is 2. The fourth-order valence-corrected chi connectivity index (χ4v) is 3.01. The molecule has 0 amide bonds. The highest BCUT2D eigenvalue weighted by Gasteiger charge is 2.17. The molecule has 5 aromatic rings. The molecule has 0 bridgehead atoms. The molecule has 0 radical (unpaired) electrons. The molecule has 0 saturated carbocycles. The first-order valence-electron chi connectivity index (χ1n) is 7.16. The lowest BCUT2D eigenvalue weighted by atomic mass is 10.1. The summed E-state index contributed by atoms with van der Waals surface area (Å²) in [4.78, 5) is 0. The number of nitrogens with zero attached hydrogens (tertiary/aromatic N) is 2. The smallest absolute Gasteiger partial charge is 0.181 e. The van der Waals surface area contributed by atoms with Gasteiger partial charge in [0.1, 0.15) is 11.2 Å². The predicted molar refractivity (Wildman–Crippen MR) is 85.4 cm³/mol. The van der Waals surface area contributed by atoms with Crippen molar-refractivity contribution >= 4 is 33.1 Å². The molecular weight excluding hydrogens is 276 g/mol. The topological polar surface area (TPSA) is 44.1 Å². The molecule has 0 saturated heterocycles. The van der Waals surface area contributed by atoms with Gasteiger partial charge in [-0.2, -0.15) is 5.10 Å². The van der Waals surface area contributed by atoms with Crippen LogP contribution in [0.4, 0.5) is 0 Å². The number of para-hydroxylation sites is 1. The minimum Gasteiger partial charge on any atom is -0.452 e. The molecule has 0 spiro atoms. The van der Waals surface area contributed by atoms with Gasteiger partial charge in [0, 0.05) is 18.5 Å². The van der Waals surface area contributed by atoms with Gasteiger partial charge in [-0.25, -0.2) is 4.68 Å². The number of hydrogen-bond acceptors (Lipinski definition) is 3. The van der Waals surface area contributed by atoms with E-state index in [-0.39, 0.29) is 0 Å². The van der Waals surface area contributed by atoms with Crippen molar-refractivity contribution in [3.05, 3.63) is 60.4 Å². The van der Waals surface area contributed by atoms with Crippen molar-refractivity contribution < 1.29 is 8.83 Å². The van der Waals surface area contributed by atoms with Gasteiger partial charge >= 0.3 is 0 Å². The van der Waals surface area contributed by atoms with Gasteiger partial charge < -0.3 is 8.83 Å². The Morgan fingerprint density at radius 2 is 1.73 bits per heavy atom. The van der Waals surface area contributed by atoms with E-state index < -0.39 is 0 Å². The lowest BCUT2D eigenvalue weighted by Crippen LogP contribution is -1.96. The third-order valence-corrected chi connectivity index (χ3v) is 4.06. The van der Waals surface area contributed by atoms with Crippen molar-refractivity contribution in [2.75, 3.05) is 0 Å². The van der Waals surface area contributed by atoms with Crippen molar-refractivity contribution in [2.24, 2.45) is 0 Å². The first-order chi connectivity index (χ1) is 10.8. The van der Waals surface area contributed by atoms with Crippen molar-refractivity contribution in [1.82, 2.24) is 9.78 Å². The van der Waals surface area contributed by atoms with Crippen LogP contribution >= 0.6 is 0 Å². The van der Waals surface area contributed by atoms with Gasteiger partial charge in [-0.3, -0.25) is 0 Å². The van der Waals surface area contributed by atoms with E-state index in [0.29, 0.717) is 0 Å². The Hall–Kier alpha value is -3.01. The molecule has 0 unspecified atom stereocenters. The van der Waals surface area contributed by atoms with Crippen LogP contribution in [0.1, 0.15) is 5.56 Å². The highest BCUT2D eigenvalue weighted by atomic mass is 16.4. The summed E-state index contributed by atoms with van der Waals surface area (Å²) >= 11 is 0. The van der Waals surface area contributed by atoms with Crippen molar-refractivity contribution in [1.29, 1.82) is 0 Å². The Morgan fingerprint density at radius 1 is 0.909 bits per heavy atom. The second kappa shape index (κ2) is 4.01. The molecule has 106 valence electrons. The Bertz CT molecular complexity index is 1130. The van der Waals surface area contributed by atoms with Gasteiger partial charge in [0.25, 0.3) is 0 Å². The summed E-state index contributed by atoms with van der Waals surface area (Å²) in [6.45, 7) is 2.07. The van der Waals surface area contributed by atoms with E-state index in [4.69, 9.17) is 8.83 Å². The van der Waals surface area contributed by atoms with Gasteiger partial charge in [-0.15, -0.1) is 0 Å². The van der Waals surface area contributed by atoms with Crippen LogP contribution in [0.2, 0.25) is 0 Å². The highest BCUT2D eigenvalue weighted by Crippen LogP contribution is 2.37. The Balaban J connectivity index is 1.89. The maximum absolute atomic E-state index is 6.06. The summed E-state index contributed by atoms with van der Waals surface area (Å²) in [7, 11) is 0. The van der Waals surface area contributed by atoms with Gasteiger partial charge in [-0.05, 0) is 36.8 Å². The van der Waals surface area contributed by atoms with Crippen molar-refractivity contribution in [2.45, 2.75) is 6.92 Å². The summed E-state index contributed by atoms with van der Waals surface area (Å²) in [5.74, 6) is 0. The van der Waals surface area contributed by atoms with Gasteiger partial charge in [0.05, 0.1) is 16.5 Å². The fourth-order valence-electron chi connectivity index (χ4n) is 3.01. The standard InChI is InChI=1S/C18H12N2O2/c1-11-9-13-16(10-14(11)20-8-4-7-19-20)22-17-12-5-2-3-6-15(12)21-18(13)17/h2-10H,1H3. The molecule has 4 nitrogen and oxygen atoms in total. The quantitative estimate of drug-likeness (QED) is 0.444. The second-order valence-corrected chi connectivity index (χ2v) is 5.44. The van der Waals surface area contributed by atoms with E-state index in [1.54, 1.807) is 6.20 Å². The van der Waals surface area contributed by atoms with E-state index in [2.05, 4.69) is 18.1 Å². The normalized spacial score (nSPS) is 11.9. The van der Waals surface area contributed by atoms with Crippen LogP contribution in [-0.4, -0.2) is 9.78 Å². The Labute approximate surface area is 125 Å². The average molecular weight is 288 g/mol. The zero-order valence-electron chi connectivity index (χ0n) is 11.9. The van der Waals surface area contributed by atoms with E-state index in [1.165, 1.54) is 0 Å². The third-order valence-electron chi connectivity index (χ3n) is 4.06. The van der Waals surface area contributed by atoms with Gasteiger partial charge in [0.15, 0.2) is 11.2 Å². The first kappa shape index (κ1) is 11.6. The molecule has 3 heterocycles. The second-order valence-electron chi connectivity index (χ2n) is 5.44. The minimum absolute atomic E-state index is 0.808. The molecular formula is C18H12N2O2. The van der Waals surface area contributed by atoms with Crippen LogP contribution in [-0.2, 0) is 0 Å². The summed E-state index contributed by atoms with van der Waals surface area (Å²) in [5, 5.41) is 6.30. The number of fused-ring (bicyclic) bond motifs is 5. The molecule has 2 aromatic carbocycles.